The lowest BCUT2D eigenvalue weighted by atomic mass is 10.0. The highest BCUT2D eigenvalue weighted by Gasteiger charge is 2.30. The van der Waals surface area contributed by atoms with Crippen LogP contribution in [0.2, 0.25) is 0 Å². The summed E-state index contributed by atoms with van der Waals surface area (Å²) in [7, 11) is -9.90. The van der Waals surface area contributed by atoms with E-state index in [2.05, 4.69) is 41.5 Å². The molecule has 19 heteroatoms. The van der Waals surface area contributed by atoms with Crippen molar-refractivity contribution in [3.8, 4) is 0 Å². The van der Waals surface area contributed by atoms with Crippen LogP contribution in [0, 0.1) is 11.8 Å². The second-order valence-corrected chi connectivity index (χ2v) is 29.8. The third-order valence-corrected chi connectivity index (χ3v) is 18.6. The quantitative estimate of drug-likeness (QED) is 0.0222. The number of phosphoric acid groups is 2. The van der Waals surface area contributed by atoms with Crippen molar-refractivity contribution in [1.29, 1.82) is 0 Å². The van der Waals surface area contributed by atoms with Gasteiger partial charge in [-0.2, -0.15) is 0 Å². The van der Waals surface area contributed by atoms with E-state index in [-0.39, 0.29) is 25.7 Å². The number of ether oxygens (including phenoxy) is 4. The molecular weight excluding hydrogens is 1200 g/mol. The molecule has 0 saturated carbocycles. The highest BCUT2D eigenvalue weighted by atomic mass is 31.2. The first-order valence-corrected chi connectivity index (χ1v) is 40.5. The van der Waals surface area contributed by atoms with Gasteiger partial charge in [0.15, 0.2) is 12.2 Å². The number of aliphatic hydroxyl groups is 1. The van der Waals surface area contributed by atoms with E-state index in [1.165, 1.54) is 186 Å². The number of rotatable bonds is 71. The summed E-state index contributed by atoms with van der Waals surface area (Å²) in [5.41, 5.74) is 0. The molecule has 0 fully saturated rings. The Hall–Kier alpha value is -1.94. The summed E-state index contributed by atoms with van der Waals surface area (Å²) in [4.78, 5) is 72.6. The average Bonchev–Trinajstić information content (AvgIpc) is 3.70. The highest BCUT2D eigenvalue weighted by Crippen LogP contribution is 2.45. The average molecular weight is 1340 g/mol. The minimum atomic E-state index is -4.95. The Morgan fingerprint density at radius 1 is 0.297 bits per heavy atom. The van der Waals surface area contributed by atoms with Crippen molar-refractivity contribution < 1.29 is 80.2 Å². The van der Waals surface area contributed by atoms with E-state index in [0.717, 1.165) is 95.8 Å². The Morgan fingerprint density at radius 3 is 0.747 bits per heavy atom. The maximum atomic E-state index is 13.0. The second kappa shape index (κ2) is 64.1. The monoisotopic (exact) mass is 1340 g/mol. The lowest BCUT2D eigenvalue weighted by molar-refractivity contribution is -0.161. The zero-order valence-electron chi connectivity index (χ0n) is 59.1. The highest BCUT2D eigenvalue weighted by molar-refractivity contribution is 7.47. The van der Waals surface area contributed by atoms with Gasteiger partial charge >= 0.3 is 39.5 Å². The number of esters is 4. The topological polar surface area (TPSA) is 237 Å². The first kappa shape index (κ1) is 89.1. The fourth-order valence-electron chi connectivity index (χ4n) is 10.9. The van der Waals surface area contributed by atoms with Gasteiger partial charge in [0.2, 0.25) is 0 Å². The summed E-state index contributed by atoms with van der Waals surface area (Å²) >= 11 is 0. The van der Waals surface area contributed by atoms with Gasteiger partial charge in [0.05, 0.1) is 26.4 Å². The van der Waals surface area contributed by atoms with Crippen LogP contribution >= 0.6 is 15.6 Å². The summed E-state index contributed by atoms with van der Waals surface area (Å²) in [5, 5.41) is 10.6. The van der Waals surface area contributed by atoms with Crippen LogP contribution in [0.3, 0.4) is 0 Å². The molecule has 540 valence electrons. The number of phosphoric ester groups is 2. The number of carbonyl (C=O) groups excluding carboxylic acids is 4. The molecule has 0 rings (SSSR count). The third-order valence-electron chi connectivity index (χ3n) is 16.7. The molecule has 0 radical (unpaired) electrons. The number of carbonyl (C=O) groups is 4. The molecular formula is C72H140O17P2. The summed E-state index contributed by atoms with van der Waals surface area (Å²) in [6.07, 6.45) is 50.0. The largest absolute Gasteiger partial charge is 0.472 e. The minimum absolute atomic E-state index is 0.104. The molecule has 0 aliphatic heterocycles. The molecule has 0 amide bonds. The van der Waals surface area contributed by atoms with Crippen molar-refractivity contribution in [1.82, 2.24) is 0 Å². The Balaban J connectivity index is 5.22. The van der Waals surface area contributed by atoms with Gasteiger partial charge in [-0.1, -0.05) is 318 Å². The molecule has 0 heterocycles. The molecule has 0 aliphatic carbocycles. The lowest BCUT2D eigenvalue weighted by Crippen LogP contribution is -2.30. The molecule has 91 heavy (non-hydrogen) atoms. The smallest absolute Gasteiger partial charge is 0.462 e. The molecule has 17 nitrogen and oxygen atoms in total. The van der Waals surface area contributed by atoms with Crippen molar-refractivity contribution in [2.24, 2.45) is 11.8 Å². The predicted molar refractivity (Wildman–Crippen MR) is 368 cm³/mol. The number of unbranched alkanes of at least 4 members (excludes halogenated alkanes) is 41. The van der Waals surface area contributed by atoms with Gasteiger partial charge in [-0.05, 0) is 37.5 Å². The van der Waals surface area contributed by atoms with Crippen LogP contribution in [0.5, 0.6) is 0 Å². The van der Waals surface area contributed by atoms with Crippen LogP contribution in [-0.2, 0) is 65.4 Å². The summed E-state index contributed by atoms with van der Waals surface area (Å²) < 4.78 is 68.3. The number of aliphatic hydroxyl groups excluding tert-OH is 1. The molecule has 5 atom stereocenters. The SMILES string of the molecule is CCCCCCCCCCCCCCCCCC(=O)OC[C@H](COP(=O)(O)OC[C@@H](O)COP(=O)(O)OC[C@@H](COC(=O)CCCCCCCCCCC)OC(=O)CCCCCCCCCC(C)C)OC(=O)CCCCCCCCCCCCCCCCC(C)C. The van der Waals surface area contributed by atoms with E-state index in [9.17, 15) is 43.2 Å². The van der Waals surface area contributed by atoms with Gasteiger partial charge in [-0.25, -0.2) is 9.13 Å². The minimum Gasteiger partial charge on any atom is -0.462 e. The predicted octanol–water partition coefficient (Wildman–Crippen LogP) is 20.8. The zero-order chi connectivity index (χ0) is 67.2. The van der Waals surface area contributed by atoms with Crippen molar-refractivity contribution in [2.75, 3.05) is 39.6 Å². The van der Waals surface area contributed by atoms with Crippen molar-refractivity contribution in [3.63, 3.8) is 0 Å². The van der Waals surface area contributed by atoms with Crippen LogP contribution < -0.4 is 0 Å². The first-order valence-electron chi connectivity index (χ1n) is 37.5. The standard InChI is InChI=1S/C72H140O17P2/c1-7-9-11-13-15-17-18-19-20-24-27-31-37-43-49-55-70(75)83-60-67(88-71(76)56-50-44-38-32-28-25-22-21-23-26-30-34-40-46-52-64(3)4)62-86-90(78,79)84-58-66(73)59-85-91(80,81)87-63-68(61-82-69(74)54-48-42-36-29-16-14-12-10-8-2)89-72(77)57-51-45-39-33-35-41-47-53-65(5)6/h64-68,73H,7-63H2,1-6H3,(H,78,79)(H,80,81)/t66-,67-,68-/m1/s1. The van der Waals surface area contributed by atoms with E-state index < -0.39 is 97.5 Å². The Kier molecular flexibility index (Phi) is 62.7. The normalized spacial score (nSPS) is 14.1. The van der Waals surface area contributed by atoms with Gasteiger partial charge in [0.1, 0.15) is 19.3 Å². The third kappa shape index (κ3) is 66.5. The van der Waals surface area contributed by atoms with E-state index >= 15 is 0 Å². The molecule has 0 spiro atoms. The molecule has 0 aliphatic rings. The van der Waals surface area contributed by atoms with Gasteiger partial charge in [-0.3, -0.25) is 37.3 Å². The van der Waals surface area contributed by atoms with Gasteiger partial charge in [-0.15, -0.1) is 0 Å². The van der Waals surface area contributed by atoms with E-state index in [1.807, 2.05) is 0 Å². The maximum Gasteiger partial charge on any atom is 0.472 e. The van der Waals surface area contributed by atoms with Crippen LogP contribution in [0.4, 0.5) is 0 Å². The molecule has 0 bridgehead atoms. The fourth-order valence-corrected chi connectivity index (χ4v) is 12.5. The van der Waals surface area contributed by atoms with E-state index in [4.69, 9.17) is 37.0 Å². The molecule has 0 saturated heterocycles. The number of hydrogen-bond acceptors (Lipinski definition) is 15. The maximum absolute atomic E-state index is 13.0. The zero-order valence-corrected chi connectivity index (χ0v) is 60.9. The van der Waals surface area contributed by atoms with Crippen molar-refractivity contribution in [3.05, 3.63) is 0 Å². The molecule has 0 aromatic heterocycles. The summed E-state index contributed by atoms with van der Waals surface area (Å²) in [6, 6.07) is 0. The van der Waals surface area contributed by atoms with Crippen molar-refractivity contribution in [2.45, 2.75) is 387 Å². The molecule has 2 unspecified atom stereocenters. The van der Waals surface area contributed by atoms with Crippen LogP contribution in [-0.4, -0.2) is 96.7 Å². The number of hydrogen-bond donors (Lipinski definition) is 3. The van der Waals surface area contributed by atoms with Crippen LogP contribution in [0.15, 0.2) is 0 Å². The molecule has 3 N–H and O–H groups in total. The van der Waals surface area contributed by atoms with Gasteiger partial charge < -0.3 is 33.8 Å². The van der Waals surface area contributed by atoms with Crippen molar-refractivity contribution >= 4 is 39.5 Å². The van der Waals surface area contributed by atoms with Gasteiger partial charge in [0.25, 0.3) is 0 Å². The first-order chi connectivity index (χ1) is 43.9. The summed E-state index contributed by atoms with van der Waals surface area (Å²) in [6.45, 7) is 9.51. The Morgan fingerprint density at radius 2 is 0.505 bits per heavy atom. The van der Waals surface area contributed by atoms with E-state index in [0.29, 0.717) is 31.6 Å². The molecule has 0 aromatic carbocycles. The lowest BCUT2D eigenvalue weighted by Gasteiger charge is -2.21. The van der Waals surface area contributed by atoms with E-state index in [1.54, 1.807) is 0 Å². The van der Waals surface area contributed by atoms with Crippen LogP contribution in [0.25, 0.3) is 0 Å². The second-order valence-electron chi connectivity index (χ2n) is 26.9. The Bertz CT molecular complexity index is 1770. The van der Waals surface area contributed by atoms with Gasteiger partial charge in [0, 0.05) is 25.7 Å². The fraction of sp³-hybridized carbons (Fsp3) is 0.944. The molecule has 0 aromatic rings. The summed E-state index contributed by atoms with van der Waals surface area (Å²) in [5.74, 6) is -0.632. The van der Waals surface area contributed by atoms with Crippen LogP contribution in [0.1, 0.15) is 369 Å². The Labute approximate surface area is 556 Å².